The molecule has 2 nitrogen and oxygen atoms in total. The van der Waals surface area contributed by atoms with Gasteiger partial charge in [-0.2, -0.15) is 0 Å². The van der Waals surface area contributed by atoms with E-state index in [1.807, 2.05) is 18.5 Å². The predicted molar refractivity (Wildman–Crippen MR) is 156 cm³/mol. The maximum atomic E-state index is 5.95. The molecule has 3 heterocycles. The number of nitrogens with one attached hydrogen (secondary N) is 1. The summed E-state index contributed by atoms with van der Waals surface area (Å²) in [5.41, 5.74) is 14.4. The average molecular weight is 505 g/mol. The van der Waals surface area contributed by atoms with Crippen LogP contribution in [-0.4, -0.2) is 4.98 Å². The van der Waals surface area contributed by atoms with Crippen LogP contribution in [0.2, 0.25) is 5.15 Å². The second-order valence-corrected chi connectivity index (χ2v) is 10.9. The van der Waals surface area contributed by atoms with Crippen molar-refractivity contribution in [2.75, 3.05) is 0 Å². The summed E-state index contributed by atoms with van der Waals surface area (Å²) in [5, 5.41) is 3.77. The van der Waals surface area contributed by atoms with Crippen molar-refractivity contribution in [3.63, 3.8) is 0 Å². The Kier molecular flexibility index (Phi) is 6.85. The van der Waals surface area contributed by atoms with Gasteiger partial charge in [0.2, 0.25) is 0 Å². The number of allylic oxidation sites excluding steroid dienone is 6. The van der Waals surface area contributed by atoms with Crippen LogP contribution in [0.1, 0.15) is 65.0 Å². The molecule has 2 aromatic carbocycles. The van der Waals surface area contributed by atoms with Crippen molar-refractivity contribution in [3.8, 4) is 11.1 Å². The van der Waals surface area contributed by atoms with Crippen LogP contribution >= 0.6 is 11.6 Å². The largest absolute Gasteiger partial charge is 0.365 e. The lowest BCUT2D eigenvalue weighted by Crippen LogP contribution is -2.16. The van der Waals surface area contributed by atoms with E-state index in [-0.39, 0.29) is 0 Å². The molecule has 1 N–H and O–H groups in total. The van der Waals surface area contributed by atoms with Gasteiger partial charge in [-0.25, -0.2) is 4.98 Å². The number of hydrogen-bond donors (Lipinski definition) is 1. The van der Waals surface area contributed by atoms with E-state index in [0.717, 1.165) is 25.7 Å². The highest BCUT2D eigenvalue weighted by Gasteiger charge is 2.27. The van der Waals surface area contributed by atoms with Crippen molar-refractivity contribution >= 4 is 17.7 Å². The van der Waals surface area contributed by atoms with Crippen LogP contribution in [0, 0.1) is 6.92 Å². The van der Waals surface area contributed by atoms with E-state index in [0.29, 0.717) is 11.1 Å². The molecule has 0 saturated carbocycles. The molecule has 0 radical (unpaired) electrons. The zero-order valence-electron chi connectivity index (χ0n) is 21.4. The maximum Gasteiger partial charge on any atom is 0.129 e. The molecule has 3 aromatic rings. The molecule has 2 bridgehead atoms. The molecule has 3 aliphatic carbocycles. The molecule has 37 heavy (non-hydrogen) atoms. The summed E-state index contributed by atoms with van der Waals surface area (Å²) in [6.45, 7) is 2.20. The molecule has 0 fully saturated rings. The summed E-state index contributed by atoms with van der Waals surface area (Å²) in [5.74, 6) is 0.552. The van der Waals surface area contributed by atoms with Crippen molar-refractivity contribution < 1.29 is 0 Å². The highest BCUT2D eigenvalue weighted by molar-refractivity contribution is 6.29. The minimum Gasteiger partial charge on any atom is -0.365 e. The van der Waals surface area contributed by atoms with Crippen LogP contribution in [0.5, 0.6) is 0 Å². The first-order chi connectivity index (χ1) is 18.1. The van der Waals surface area contributed by atoms with Gasteiger partial charge in [0.15, 0.2) is 0 Å². The van der Waals surface area contributed by atoms with Crippen LogP contribution in [0.4, 0.5) is 0 Å². The molecule has 3 heteroatoms. The smallest absolute Gasteiger partial charge is 0.129 e. The van der Waals surface area contributed by atoms with Crippen LogP contribution < -0.4 is 5.32 Å². The monoisotopic (exact) mass is 504 g/mol. The first-order valence-electron chi connectivity index (χ1n) is 13.5. The molecule has 0 saturated heterocycles. The zero-order valence-corrected chi connectivity index (χ0v) is 22.2. The van der Waals surface area contributed by atoms with E-state index in [4.69, 9.17) is 11.6 Å². The molecule has 8 rings (SSSR count). The van der Waals surface area contributed by atoms with Crippen molar-refractivity contribution in [2.45, 2.75) is 57.8 Å². The zero-order chi connectivity index (χ0) is 25.2. The minimum absolute atomic E-state index is 0.552. The van der Waals surface area contributed by atoms with E-state index in [1.54, 1.807) is 11.1 Å². The summed E-state index contributed by atoms with van der Waals surface area (Å²) < 4.78 is 0. The summed E-state index contributed by atoms with van der Waals surface area (Å²) in [4.78, 5) is 4.25. The van der Waals surface area contributed by atoms with Gasteiger partial charge in [0.05, 0.1) is 0 Å². The Morgan fingerprint density at radius 3 is 2.73 bits per heavy atom. The van der Waals surface area contributed by atoms with E-state index >= 15 is 0 Å². The number of hydrogen-bond acceptors (Lipinski definition) is 2. The number of benzene rings is 2. The SMILES string of the molecule is C1=CC2=CC=C(CC2)N1.Cc1ccc2c(c1)-c1ccc3c(c1CC2CCc1ccc(Cl)nc1)CCC=C3. The fourth-order valence-electron chi connectivity index (χ4n) is 6.02. The lowest BCUT2D eigenvalue weighted by molar-refractivity contribution is 0.611. The molecule has 186 valence electrons. The Bertz CT molecular complexity index is 1440. The quantitative estimate of drug-likeness (QED) is 0.361. The first kappa shape index (κ1) is 24.0. The number of rotatable bonds is 3. The van der Waals surface area contributed by atoms with Crippen molar-refractivity contribution in [1.29, 1.82) is 0 Å². The Morgan fingerprint density at radius 2 is 1.89 bits per heavy atom. The van der Waals surface area contributed by atoms with Crippen molar-refractivity contribution in [2.24, 2.45) is 0 Å². The van der Waals surface area contributed by atoms with Gasteiger partial charge in [-0.15, -0.1) is 0 Å². The molecular weight excluding hydrogens is 472 g/mol. The molecular formula is C34H33ClN2. The highest BCUT2D eigenvalue weighted by atomic mass is 35.5. The fraction of sp³-hybridized carbons (Fsp3) is 0.265. The standard InChI is InChI=1S/C26H24ClN.C8H9N/c1-17-6-11-22-20(9-7-18-8-13-26(27)28-16-18)15-25-21-5-3-2-4-19(21)10-12-23(25)24(22)14-17;1-3-8-4-2-7(1)5-6-9-8/h2,4,6,8,10-14,16,20H,3,5,7,9,15H2,1H3;1,3,5-6,9H,2,4H2. The minimum atomic E-state index is 0.552. The molecule has 1 unspecified atom stereocenters. The third-order valence-corrected chi connectivity index (χ3v) is 8.26. The molecule has 5 aliphatic rings. The van der Waals surface area contributed by atoms with Crippen LogP contribution in [0.25, 0.3) is 17.2 Å². The van der Waals surface area contributed by atoms with Crippen molar-refractivity contribution in [3.05, 3.63) is 129 Å². The Morgan fingerprint density at radius 1 is 0.946 bits per heavy atom. The summed E-state index contributed by atoms with van der Waals surface area (Å²) in [7, 11) is 0. The fourth-order valence-corrected chi connectivity index (χ4v) is 6.13. The van der Waals surface area contributed by atoms with Gasteiger partial charge in [-0.1, -0.05) is 71.8 Å². The second-order valence-electron chi connectivity index (χ2n) is 10.5. The average Bonchev–Trinajstić information content (AvgIpc) is 3.31. The van der Waals surface area contributed by atoms with E-state index in [2.05, 4.69) is 84.0 Å². The molecule has 2 aliphatic heterocycles. The second kappa shape index (κ2) is 10.6. The summed E-state index contributed by atoms with van der Waals surface area (Å²) in [6, 6.07) is 15.7. The van der Waals surface area contributed by atoms with Gasteiger partial charge in [-0.05, 0) is 121 Å². The maximum absolute atomic E-state index is 5.95. The normalized spacial score (nSPS) is 18.3. The Labute approximate surface area is 225 Å². The number of aryl methyl sites for hydroxylation is 2. The lowest BCUT2D eigenvalue weighted by atomic mass is 9.73. The number of fused-ring (bicyclic) bond motifs is 8. The Hall–Kier alpha value is -3.36. The van der Waals surface area contributed by atoms with Crippen LogP contribution in [0.3, 0.4) is 0 Å². The van der Waals surface area contributed by atoms with E-state index < -0.39 is 0 Å². The van der Waals surface area contributed by atoms with Gasteiger partial charge >= 0.3 is 0 Å². The highest BCUT2D eigenvalue weighted by Crippen LogP contribution is 2.44. The van der Waals surface area contributed by atoms with Gasteiger partial charge in [0.25, 0.3) is 0 Å². The topological polar surface area (TPSA) is 24.9 Å². The van der Waals surface area contributed by atoms with Crippen LogP contribution in [0.15, 0.2) is 90.4 Å². The molecule has 1 aromatic heterocycles. The predicted octanol–water partition coefficient (Wildman–Crippen LogP) is 8.65. The number of nitrogens with zero attached hydrogens (tertiary/aromatic N) is 1. The van der Waals surface area contributed by atoms with Gasteiger partial charge < -0.3 is 5.32 Å². The number of pyridine rings is 1. The lowest BCUT2D eigenvalue weighted by Gasteiger charge is -2.31. The summed E-state index contributed by atoms with van der Waals surface area (Å²) in [6.07, 6.45) is 23.0. The third-order valence-electron chi connectivity index (χ3n) is 8.03. The van der Waals surface area contributed by atoms with E-state index in [1.165, 1.54) is 63.9 Å². The number of aromatic nitrogens is 1. The van der Waals surface area contributed by atoms with E-state index in [9.17, 15) is 0 Å². The third kappa shape index (κ3) is 5.22. The first-order valence-corrected chi connectivity index (χ1v) is 13.9. The molecule has 1 atom stereocenters. The number of halogens is 1. The van der Waals surface area contributed by atoms with Gasteiger partial charge in [0.1, 0.15) is 5.15 Å². The van der Waals surface area contributed by atoms with Gasteiger partial charge in [-0.3, -0.25) is 0 Å². The Balaban J connectivity index is 0.000000235. The summed E-state index contributed by atoms with van der Waals surface area (Å²) >= 11 is 5.95. The molecule has 0 spiro atoms. The van der Waals surface area contributed by atoms with Crippen molar-refractivity contribution in [1.82, 2.24) is 10.3 Å². The van der Waals surface area contributed by atoms with Crippen LogP contribution in [-0.2, 0) is 19.3 Å². The molecule has 0 amide bonds. The van der Waals surface area contributed by atoms with Gasteiger partial charge in [0, 0.05) is 18.1 Å².